The fraction of sp³-hybridized carbons (Fsp3) is 0.400. The fourth-order valence-corrected chi connectivity index (χ4v) is 5.96. The number of piperidine rings is 1. The average molecular weight is 512 g/mol. The number of likely N-dealkylation sites (tertiary alicyclic amines) is 1. The number of imidazole rings is 1. The van der Waals surface area contributed by atoms with E-state index in [0.29, 0.717) is 27.4 Å². The van der Waals surface area contributed by atoms with Gasteiger partial charge in [-0.05, 0) is 51.6 Å². The first-order valence-electron chi connectivity index (χ1n) is 11.9. The SMILES string of the molecule is CC(Oc1ccc2[nH]nc(-c3nc4c([nH]3)CN(C3CCCN(C)C3)C4)c2c1)c1c(Cl)cncc1Cl. The predicted octanol–water partition coefficient (Wildman–Crippen LogP) is 5.20. The third kappa shape index (κ3) is 4.29. The van der Waals surface area contributed by atoms with Crippen molar-refractivity contribution < 1.29 is 4.74 Å². The van der Waals surface area contributed by atoms with E-state index >= 15 is 0 Å². The van der Waals surface area contributed by atoms with E-state index in [1.54, 1.807) is 12.4 Å². The van der Waals surface area contributed by atoms with Gasteiger partial charge in [0.1, 0.15) is 17.5 Å². The smallest absolute Gasteiger partial charge is 0.159 e. The van der Waals surface area contributed by atoms with Crippen LogP contribution in [0.4, 0.5) is 0 Å². The molecular weight excluding hydrogens is 485 g/mol. The summed E-state index contributed by atoms with van der Waals surface area (Å²) in [6.07, 6.45) is 5.31. The van der Waals surface area contributed by atoms with Crippen molar-refractivity contribution in [3.63, 3.8) is 0 Å². The number of fused-ring (bicyclic) bond motifs is 2. The minimum Gasteiger partial charge on any atom is -0.486 e. The highest BCUT2D eigenvalue weighted by atomic mass is 35.5. The van der Waals surface area contributed by atoms with Gasteiger partial charge in [-0.3, -0.25) is 15.0 Å². The number of benzene rings is 1. The molecule has 0 saturated carbocycles. The van der Waals surface area contributed by atoms with Crippen LogP contribution in [0.3, 0.4) is 0 Å². The van der Waals surface area contributed by atoms with Gasteiger partial charge in [0.15, 0.2) is 5.82 Å². The standard InChI is InChI=1S/C25H27Cl2N7O/c1-14(23-18(26)9-28-10-19(23)27)35-16-5-6-20-17(8-16)24(32-31-20)25-29-21-12-34(13-22(21)30-25)15-4-3-7-33(2)11-15/h5-6,8-10,14-15H,3-4,7,11-13H2,1-2H3,(H,29,30)(H,31,32). The van der Waals surface area contributed by atoms with Gasteiger partial charge >= 0.3 is 0 Å². The van der Waals surface area contributed by atoms with Crippen molar-refractivity contribution in [2.75, 3.05) is 20.1 Å². The van der Waals surface area contributed by atoms with Gasteiger partial charge in [-0.15, -0.1) is 0 Å². The highest BCUT2D eigenvalue weighted by molar-refractivity contribution is 6.35. The van der Waals surface area contributed by atoms with Crippen molar-refractivity contribution in [3.05, 3.63) is 57.6 Å². The van der Waals surface area contributed by atoms with Gasteiger partial charge < -0.3 is 14.6 Å². The highest BCUT2D eigenvalue weighted by Gasteiger charge is 2.31. The van der Waals surface area contributed by atoms with Crippen LogP contribution >= 0.6 is 23.2 Å². The van der Waals surface area contributed by atoms with Crippen LogP contribution in [0.2, 0.25) is 10.0 Å². The molecule has 0 radical (unpaired) electrons. The maximum absolute atomic E-state index is 6.32. The van der Waals surface area contributed by atoms with Gasteiger partial charge in [0.25, 0.3) is 0 Å². The maximum Gasteiger partial charge on any atom is 0.159 e. The number of hydrogen-bond acceptors (Lipinski definition) is 6. The Kier molecular flexibility index (Phi) is 5.92. The minimum atomic E-state index is -0.344. The van der Waals surface area contributed by atoms with Gasteiger partial charge in [-0.2, -0.15) is 5.10 Å². The number of nitrogens with one attached hydrogen (secondary N) is 2. The normalized spacial score (nSPS) is 19.8. The van der Waals surface area contributed by atoms with Gasteiger partial charge in [0.2, 0.25) is 0 Å². The quantitative estimate of drug-likeness (QED) is 0.382. The van der Waals surface area contributed by atoms with Crippen LogP contribution in [0.1, 0.15) is 42.8 Å². The molecule has 5 heterocycles. The first-order valence-corrected chi connectivity index (χ1v) is 12.7. The van der Waals surface area contributed by atoms with E-state index in [9.17, 15) is 0 Å². The summed E-state index contributed by atoms with van der Waals surface area (Å²) in [6, 6.07) is 6.44. The number of rotatable bonds is 5. The van der Waals surface area contributed by atoms with Crippen molar-refractivity contribution in [1.82, 2.24) is 34.9 Å². The molecule has 2 atom stereocenters. The second-order valence-electron chi connectivity index (χ2n) is 9.53. The predicted molar refractivity (Wildman–Crippen MR) is 137 cm³/mol. The highest BCUT2D eigenvalue weighted by Crippen LogP contribution is 2.35. The van der Waals surface area contributed by atoms with E-state index in [0.717, 1.165) is 47.7 Å². The molecule has 1 fully saturated rings. The topological polar surface area (TPSA) is 86.0 Å². The molecule has 3 aromatic heterocycles. The third-order valence-corrected chi connectivity index (χ3v) is 7.67. The van der Waals surface area contributed by atoms with Crippen LogP contribution in [-0.2, 0) is 13.1 Å². The molecule has 2 aliphatic rings. The molecule has 4 aromatic rings. The van der Waals surface area contributed by atoms with Crippen molar-refractivity contribution >= 4 is 34.1 Å². The van der Waals surface area contributed by atoms with Crippen LogP contribution in [0.5, 0.6) is 5.75 Å². The zero-order chi connectivity index (χ0) is 24.1. The molecule has 182 valence electrons. The summed E-state index contributed by atoms with van der Waals surface area (Å²) in [7, 11) is 2.21. The molecule has 1 aromatic carbocycles. The molecule has 2 N–H and O–H groups in total. The number of ether oxygens (including phenoxy) is 1. The van der Waals surface area contributed by atoms with Crippen molar-refractivity contribution in [1.29, 1.82) is 0 Å². The first kappa shape index (κ1) is 22.8. The Morgan fingerprint density at radius 3 is 2.77 bits per heavy atom. The molecule has 2 unspecified atom stereocenters. The van der Waals surface area contributed by atoms with E-state index in [4.69, 9.17) is 32.9 Å². The monoisotopic (exact) mass is 511 g/mol. The van der Waals surface area contributed by atoms with Crippen molar-refractivity contribution in [2.24, 2.45) is 0 Å². The summed E-state index contributed by atoms with van der Waals surface area (Å²) in [4.78, 5) is 17.5. The molecule has 0 amide bonds. The first-order chi connectivity index (χ1) is 17.0. The zero-order valence-electron chi connectivity index (χ0n) is 19.7. The van der Waals surface area contributed by atoms with Gasteiger partial charge in [0, 0.05) is 49.0 Å². The Bertz CT molecular complexity index is 1340. The minimum absolute atomic E-state index is 0.344. The summed E-state index contributed by atoms with van der Waals surface area (Å²) in [5.41, 5.74) is 4.73. The number of hydrogen-bond donors (Lipinski definition) is 2. The van der Waals surface area contributed by atoms with E-state index in [1.165, 1.54) is 25.1 Å². The number of pyridine rings is 1. The van der Waals surface area contributed by atoms with Gasteiger partial charge in [-0.1, -0.05) is 23.2 Å². The van der Waals surface area contributed by atoms with Gasteiger partial charge in [0.05, 0.1) is 26.9 Å². The molecule has 8 nitrogen and oxygen atoms in total. The van der Waals surface area contributed by atoms with Crippen molar-refractivity contribution in [2.45, 2.75) is 45.0 Å². The largest absolute Gasteiger partial charge is 0.486 e. The number of halogens is 2. The Labute approximate surface area is 213 Å². The molecule has 6 rings (SSSR count). The molecule has 1 saturated heterocycles. The number of H-pyrrole nitrogens is 2. The van der Waals surface area contributed by atoms with Crippen LogP contribution in [-0.4, -0.2) is 61.1 Å². The van der Waals surface area contributed by atoms with E-state index < -0.39 is 0 Å². The van der Waals surface area contributed by atoms with E-state index in [-0.39, 0.29) is 6.10 Å². The average Bonchev–Trinajstić information content (AvgIpc) is 3.51. The molecule has 0 spiro atoms. The molecule has 0 bridgehead atoms. The molecule has 10 heteroatoms. The summed E-state index contributed by atoms with van der Waals surface area (Å²) in [5, 5.41) is 9.58. The van der Waals surface area contributed by atoms with Gasteiger partial charge in [-0.25, -0.2) is 4.98 Å². The summed E-state index contributed by atoms with van der Waals surface area (Å²) >= 11 is 12.6. The second-order valence-corrected chi connectivity index (χ2v) is 10.3. The van der Waals surface area contributed by atoms with Crippen LogP contribution in [0, 0.1) is 0 Å². The fourth-order valence-electron chi connectivity index (χ4n) is 5.29. The van der Waals surface area contributed by atoms with Crippen LogP contribution < -0.4 is 4.74 Å². The summed E-state index contributed by atoms with van der Waals surface area (Å²) in [5.74, 6) is 1.48. The molecule has 35 heavy (non-hydrogen) atoms. The van der Waals surface area contributed by atoms with E-state index in [2.05, 4.69) is 37.0 Å². The lowest BCUT2D eigenvalue weighted by Gasteiger charge is -2.35. The zero-order valence-corrected chi connectivity index (χ0v) is 21.2. The number of nitrogens with zero attached hydrogens (tertiary/aromatic N) is 5. The lowest BCUT2D eigenvalue weighted by Crippen LogP contribution is -2.44. The third-order valence-electron chi connectivity index (χ3n) is 7.06. The molecule has 0 aliphatic carbocycles. The molecular formula is C25H27Cl2N7O. The Hall–Kier alpha value is -2.65. The van der Waals surface area contributed by atoms with Crippen molar-refractivity contribution in [3.8, 4) is 17.3 Å². The number of likely N-dealkylation sites (N-methyl/N-ethyl adjacent to an activating group) is 1. The van der Waals surface area contributed by atoms with Crippen LogP contribution in [0.15, 0.2) is 30.6 Å². The Morgan fingerprint density at radius 2 is 2.00 bits per heavy atom. The van der Waals surface area contributed by atoms with E-state index in [1.807, 2.05) is 25.1 Å². The second kappa shape index (κ2) is 9.09. The molecule has 2 aliphatic heterocycles. The lowest BCUT2D eigenvalue weighted by molar-refractivity contribution is 0.109. The maximum atomic E-state index is 6.32. The summed E-state index contributed by atoms with van der Waals surface area (Å²) in [6.45, 7) is 6.02. The van der Waals surface area contributed by atoms with Crippen LogP contribution in [0.25, 0.3) is 22.4 Å². The Balaban J connectivity index is 1.23. The summed E-state index contributed by atoms with van der Waals surface area (Å²) < 4.78 is 6.20. The number of aromatic amines is 2. The Morgan fingerprint density at radius 1 is 1.17 bits per heavy atom. The number of aromatic nitrogens is 5. The lowest BCUT2D eigenvalue weighted by atomic mass is 10.1.